The first-order valence-electron chi connectivity index (χ1n) is 14.4. The molecule has 5 heterocycles. The maximum atomic E-state index is 13.4. The van der Waals surface area contributed by atoms with Gasteiger partial charge in [-0.3, -0.25) is 14.3 Å². The number of nitrogens with one attached hydrogen (secondary N) is 1. The molecule has 0 radical (unpaired) electrons. The number of carbonyl (C=O) groups excluding carboxylic acids is 1. The second-order valence-electron chi connectivity index (χ2n) is 11.3. The molecule has 1 aliphatic rings. The van der Waals surface area contributed by atoms with Gasteiger partial charge in [-0.25, -0.2) is 4.40 Å². The highest BCUT2D eigenvalue weighted by Crippen LogP contribution is 2.25. The van der Waals surface area contributed by atoms with E-state index in [0.717, 1.165) is 55.5 Å². The van der Waals surface area contributed by atoms with Crippen molar-refractivity contribution in [3.63, 3.8) is 0 Å². The van der Waals surface area contributed by atoms with E-state index < -0.39 is 0 Å². The van der Waals surface area contributed by atoms with Crippen LogP contribution in [0.3, 0.4) is 0 Å². The van der Waals surface area contributed by atoms with Gasteiger partial charge in [0.1, 0.15) is 11.3 Å². The van der Waals surface area contributed by atoms with E-state index in [9.17, 15) is 9.59 Å². The molecule has 5 aromatic rings. The number of nitrogens with zero attached hydrogens (tertiary/aromatic N) is 8. The van der Waals surface area contributed by atoms with E-state index in [-0.39, 0.29) is 11.5 Å². The van der Waals surface area contributed by atoms with Crippen molar-refractivity contribution >= 4 is 22.7 Å². The van der Waals surface area contributed by atoms with Crippen molar-refractivity contribution in [3.05, 3.63) is 69.5 Å². The molecule has 11 nitrogen and oxygen atoms in total. The minimum absolute atomic E-state index is 0.140. The number of aryl methyl sites for hydroxylation is 2. The van der Waals surface area contributed by atoms with Gasteiger partial charge < -0.3 is 19.4 Å². The molecule has 1 amide bonds. The second kappa shape index (κ2) is 11.0. The molecular weight excluding hydrogens is 518 g/mol. The van der Waals surface area contributed by atoms with E-state index in [0.29, 0.717) is 36.8 Å². The minimum atomic E-state index is -0.140. The third kappa shape index (κ3) is 5.17. The monoisotopic (exact) mass is 555 g/mol. The number of benzene rings is 1. The van der Waals surface area contributed by atoms with Crippen LogP contribution in [0.5, 0.6) is 0 Å². The molecule has 0 fully saturated rings. The summed E-state index contributed by atoms with van der Waals surface area (Å²) in [6, 6.07) is 8.53. The zero-order chi connectivity index (χ0) is 28.7. The molecule has 0 saturated carbocycles. The van der Waals surface area contributed by atoms with Gasteiger partial charge in [-0.1, -0.05) is 38.0 Å². The second-order valence-corrected chi connectivity index (χ2v) is 11.3. The number of likely N-dealkylation sites (N-methyl/N-ethyl adjacent to an activating group) is 1. The lowest BCUT2D eigenvalue weighted by Gasteiger charge is -2.30. The highest BCUT2D eigenvalue weighted by atomic mass is 16.2. The largest absolute Gasteiger partial charge is 0.349 e. The van der Waals surface area contributed by atoms with E-state index in [1.54, 1.807) is 11.3 Å². The third-order valence-electron chi connectivity index (χ3n) is 7.92. The highest BCUT2D eigenvalue weighted by Gasteiger charge is 2.22. The van der Waals surface area contributed by atoms with Crippen LogP contribution in [0, 0.1) is 6.92 Å². The maximum Gasteiger partial charge on any atom is 0.284 e. The molecule has 11 heteroatoms. The number of amides is 1. The SMILES string of the molecule is CCCCCn1c2cc(-c3cnn(Cc4ccc5c(c4)CCN(C(=O)CN(C)C)C5)c3)[nH]c2c(=O)n2c(C)nnc12. The van der Waals surface area contributed by atoms with Crippen LogP contribution in [0.1, 0.15) is 48.7 Å². The quantitative estimate of drug-likeness (QED) is 0.280. The van der Waals surface area contributed by atoms with E-state index in [4.69, 9.17) is 0 Å². The van der Waals surface area contributed by atoms with Gasteiger partial charge in [0, 0.05) is 31.4 Å². The molecule has 6 rings (SSSR count). The Morgan fingerprint density at radius 3 is 2.78 bits per heavy atom. The number of rotatable bonds is 9. The van der Waals surface area contributed by atoms with Crippen LogP contribution in [0.15, 0.2) is 41.5 Å². The summed E-state index contributed by atoms with van der Waals surface area (Å²) in [7, 11) is 3.84. The molecule has 0 bridgehead atoms. The van der Waals surface area contributed by atoms with Crippen molar-refractivity contribution in [2.45, 2.75) is 59.2 Å². The Kier molecular flexibility index (Phi) is 7.21. The average molecular weight is 556 g/mol. The molecule has 0 unspecified atom stereocenters. The number of hydrogen-bond acceptors (Lipinski definition) is 6. The highest BCUT2D eigenvalue weighted by molar-refractivity contribution is 5.84. The van der Waals surface area contributed by atoms with Gasteiger partial charge >= 0.3 is 0 Å². The zero-order valence-electron chi connectivity index (χ0n) is 24.2. The summed E-state index contributed by atoms with van der Waals surface area (Å²) in [6.07, 6.45) is 7.92. The first-order chi connectivity index (χ1) is 19.8. The topological polar surface area (TPSA) is 109 Å². The zero-order valence-corrected chi connectivity index (χ0v) is 24.2. The summed E-state index contributed by atoms with van der Waals surface area (Å²) in [5, 5.41) is 13.1. The summed E-state index contributed by atoms with van der Waals surface area (Å²) in [4.78, 5) is 33.1. The predicted octanol–water partition coefficient (Wildman–Crippen LogP) is 3.23. The molecule has 0 saturated heterocycles. The van der Waals surface area contributed by atoms with E-state index in [1.807, 2.05) is 47.0 Å². The van der Waals surface area contributed by atoms with Gasteiger partial charge in [-0.05, 0) is 56.6 Å². The standard InChI is InChI=1S/C30H37N9O2/c1-5-6-7-11-38-26-14-25(32-28(26)29(41)39-20(2)33-34-30(38)39)24-15-31-37(18-24)16-21-8-9-23-17-36(12-10-22(23)13-21)27(40)19-35(3)4/h8-9,13-15,18,32H,5-7,10-12,16-17,19H2,1-4H3. The molecule has 4 aromatic heterocycles. The van der Waals surface area contributed by atoms with Crippen molar-refractivity contribution in [1.82, 2.24) is 43.7 Å². The Morgan fingerprint density at radius 2 is 1.98 bits per heavy atom. The number of aromatic amines is 1. The van der Waals surface area contributed by atoms with Crippen molar-refractivity contribution in [1.29, 1.82) is 0 Å². The maximum absolute atomic E-state index is 13.4. The van der Waals surface area contributed by atoms with Crippen LogP contribution in [0.4, 0.5) is 0 Å². The molecule has 41 heavy (non-hydrogen) atoms. The van der Waals surface area contributed by atoms with Crippen molar-refractivity contribution in [3.8, 4) is 11.3 Å². The Hall–Kier alpha value is -4.25. The molecule has 0 aliphatic carbocycles. The lowest BCUT2D eigenvalue weighted by molar-refractivity contribution is -0.132. The van der Waals surface area contributed by atoms with E-state index in [2.05, 4.69) is 50.0 Å². The van der Waals surface area contributed by atoms with Crippen LogP contribution in [0.2, 0.25) is 0 Å². The van der Waals surface area contributed by atoms with Crippen LogP contribution < -0.4 is 5.56 Å². The average Bonchev–Trinajstić information content (AvgIpc) is 3.69. The first-order valence-corrected chi connectivity index (χ1v) is 14.4. The summed E-state index contributed by atoms with van der Waals surface area (Å²) in [6.45, 7) is 7.23. The van der Waals surface area contributed by atoms with Gasteiger partial charge in [-0.2, -0.15) is 5.10 Å². The fourth-order valence-electron chi connectivity index (χ4n) is 5.76. The third-order valence-corrected chi connectivity index (χ3v) is 7.92. The number of carbonyl (C=O) groups is 1. The molecule has 214 valence electrons. The van der Waals surface area contributed by atoms with Gasteiger partial charge in [0.15, 0.2) is 0 Å². The Bertz CT molecular complexity index is 1790. The predicted molar refractivity (Wildman–Crippen MR) is 158 cm³/mol. The molecule has 0 spiro atoms. The smallest absolute Gasteiger partial charge is 0.284 e. The van der Waals surface area contributed by atoms with E-state index in [1.165, 1.54) is 16.7 Å². The molecule has 1 N–H and O–H groups in total. The summed E-state index contributed by atoms with van der Waals surface area (Å²) in [5.41, 5.74) is 6.69. The summed E-state index contributed by atoms with van der Waals surface area (Å²) >= 11 is 0. The number of H-pyrrole nitrogens is 1. The van der Waals surface area contributed by atoms with Crippen molar-refractivity contribution in [2.75, 3.05) is 27.2 Å². The number of unbranched alkanes of at least 4 members (excludes halogenated alkanes) is 2. The molecule has 1 aromatic carbocycles. The van der Waals surface area contributed by atoms with Gasteiger partial charge in [-0.15, -0.1) is 10.2 Å². The van der Waals surface area contributed by atoms with Gasteiger partial charge in [0.25, 0.3) is 5.56 Å². The fourth-order valence-corrected chi connectivity index (χ4v) is 5.76. The lowest BCUT2D eigenvalue weighted by atomic mass is 9.97. The van der Waals surface area contributed by atoms with Crippen LogP contribution in [-0.2, 0) is 30.8 Å². The van der Waals surface area contributed by atoms with Crippen LogP contribution >= 0.6 is 0 Å². The van der Waals surface area contributed by atoms with Crippen LogP contribution in [0.25, 0.3) is 28.1 Å². The number of hydrogen-bond donors (Lipinski definition) is 1. The first kappa shape index (κ1) is 26.9. The number of fused-ring (bicyclic) bond motifs is 3. The normalized spacial score (nSPS) is 13.5. The fraction of sp³-hybridized carbons (Fsp3) is 0.433. The molecule has 1 aliphatic heterocycles. The number of aromatic nitrogens is 7. The summed E-state index contributed by atoms with van der Waals surface area (Å²) < 4.78 is 5.61. The Balaban J connectivity index is 1.24. The van der Waals surface area contributed by atoms with Crippen molar-refractivity contribution in [2.24, 2.45) is 0 Å². The molecular formula is C30H37N9O2. The van der Waals surface area contributed by atoms with Crippen molar-refractivity contribution < 1.29 is 4.79 Å². The summed E-state index contributed by atoms with van der Waals surface area (Å²) in [5.74, 6) is 1.33. The van der Waals surface area contributed by atoms with E-state index >= 15 is 0 Å². The molecule has 0 atom stereocenters. The minimum Gasteiger partial charge on any atom is -0.349 e. The van der Waals surface area contributed by atoms with Gasteiger partial charge in [0.05, 0.1) is 30.5 Å². The Labute approximate surface area is 238 Å². The van der Waals surface area contributed by atoms with Gasteiger partial charge in [0.2, 0.25) is 11.7 Å². The Morgan fingerprint density at radius 1 is 1.12 bits per heavy atom. The lowest BCUT2D eigenvalue weighted by Crippen LogP contribution is -2.40. The van der Waals surface area contributed by atoms with Crippen LogP contribution in [-0.4, -0.2) is 76.8 Å².